The Morgan fingerprint density at radius 1 is 1.33 bits per heavy atom. The minimum atomic E-state index is -0.240. The molecule has 1 unspecified atom stereocenters. The maximum atomic E-state index is 10.9. The number of benzene rings is 1. The molecule has 1 rings (SSSR count). The number of hydrogen-bond acceptors (Lipinski definition) is 3. The highest BCUT2D eigenvalue weighted by Crippen LogP contribution is 2.12. The summed E-state index contributed by atoms with van der Waals surface area (Å²) in [5.41, 5.74) is 1.68. The number of carbonyl (C=O) groups excluding carboxylic acids is 1. The van der Waals surface area contributed by atoms with Crippen molar-refractivity contribution in [3.63, 3.8) is 0 Å². The highest BCUT2D eigenvalue weighted by molar-refractivity contribution is 5.88. The molecule has 0 radical (unpaired) electrons. The van der Waals surface area contributed by atoms with Gasteiger partial charge in [0.2, 0.25) is 5.91 Å². The third-order valence-corrected chi connectivity index (χ3v) is 3.12. The van der Waals surface area contributed by atoms with Gasteiger partial charge in [-0.05, 0) is 31.0 Å². The Bertz CT molecular complexity index is 383. The maximum absolute atomic E-state index is 10.9. The molecule has 0 aliphatic heterocycles. The zero-order valence-electron chi connectivity index (χ0n) is 11.3. The molecular formula is C14H22N2O2. The second kappa shape index (κ2) is 6.52. The predicted molar refractivity (Wildman–Crippen MR) is 73.4 cm³/mol. The summed E-state index contributed by atoms with van der Waals surface area (Å²) < 4.78 is 0. The van der Waals surface area contributed by atoms with Crippen LogP contribution in [-0.2, 0) is 11.3 Å². The van der Waals surface area contributed by atoms with Gasteiger partial charge >= 0.3 is 0 Å². The Kier molecular flexibility index (Phi) is 5.31. The molecule has 1 atom stereocenters. The molecule has 0 fully saturated rings. The molecule has 18 heavy (non-hydrogen) atoms. The van der Waals surface area contributed by atoms with Crippen LogP contribution in [0.5, 0.6) is 0 Å². The molecular weight excluding hydrogens is 228 g/mol. The van der Waals surface area contributed by atoms with Gasteiger partial charge in [0.15, 0.2) is 0 Å². The van der Waals surface area contributed by atoms with E-state index >= 15 is 0 Å². The van der Waals surface area contributed by atoms with Crippen LogP contribution in [0.4, 0.5) is 5.69 Å². The van der Waals surface area contributed by atoms with Crippen molar-refractivity contribution in [2.24, 2.45) is 0 Å². The van der Waals surface area contributed by atoms with Crippen molar-refractivity contribution in [2.45, 2.75) is 39.3 Å². The molecule has 0 saturated carbocycles. The molecule has 1 aromatic rings. The second-order valence-corrected chi connectivity index (χ2v) is 4.80. The average Bonchev–Trinajstić information content (AvgIpc) is 2.37. The number of nitrogens with one attached hydrogen (secondary N) is 2. The van der Waals surface area contributed by atoms with Crippen LogP contribution >= 0.6 is 0 Å². The highest BCUT2D eigenvalue weighted by Gasteiger charge is 2.19. The lowest BCUT2D eigenvalue weighted by Gasteiger charge is -2.27. The van der Waals surface area contributed by atoms with Crippen LogP contribution in [0.15, 0.2) is 24.3 Å². The van der Waals surface area contributed by atoms with E-state index in [1.54, 1.807) is 0 Å². The fourth-order valence-corrected chi connectivity index (χ4v) is 1.52. The van der Waals surface area contributed by atoms with Crippen LogP contribution in [0, 0.1) is 0 Å². The standard InChI is InChI=1S/C14H22N2O2/c1-4-14(3,10-17)15-9-12-5-7-13(8-6-12)16-11(2)18/h5-8,15,17H,4,9-10H2,1-3H3,(H,16,18). The van der Waals surface area contributed by atoms with Crippen molar-refractivity contribution in [1.29, 1.82) is 0 Å². The van der Waals surface area contributed by atoms with Crippen LogP contribution in [0.1, 0.15) is 32.8 Å². The Labute approximate surface area is 108 Å². The van der Waals surface area contributed by atoms with Gasteiger partial charge in [0, 0.05) is 24.7 Å². The van der Waals surface area contributed by atoms with Crippen LogP contribution in [-0.4, -0.2) is 23.2 Å². The molecule has 4 nitrogen and oxygen atoms in total. The summed E-state index contributed by atoms with van der Waals surface area (Å²) in [6, 6.07) is 7.68. The quantitative estimate of drug-likeness (QED) is 0.722. The number of amides is 1. The summed E-state index contributed by atoms with van der Waals surface area (Å²) >= 11 is 0. The van der Waals surface area contributed by atoms with Gasteiger partial charge in [-0.25, -0.2) is 0 Å². The van der Waals surface area contributed by atoms with E-state index in [9.17, 15) is 9.90 Å². The smallest absolute Gasteiger partial charge is 0.221 e. The van der Waals surface area contributed by atoms with Gasteiger partial charge in [-0.15, -0.1) is 0 Å². The lowest BCUT2D eigenvalue weighted by Crippen LogP contribution is -2.44. The summed E-state index contributed by atoms with van der Waals surface area (Å²) in [4.78, 5) is 10.9. The second-order valence-electron chi connectivity index (χ2n) is 4.80. The number of carbonyl (C=O) groups is 1. The van der Waals surface area contributed by atoms with Crippen molar-refractivity contribution in [1.82, 2.24) is 5.32 Å². The largest absolute Gasteiger partial charge is 0.394 e. The van der Waals surface area contributed by atoms with E-state index in [0.717, 1.165) is 17.7 Å². The van der Waals surface area contributed by atoms with Crippen molar-refractivity contribution in [3.8, 4) is 0 Å². The fraction of sp³-hybridized carbons (Fsp3) is 0.500. The zero-order valence-corrected chi connectivity index (χ0v) is 11.3. The third kappa shape index (κ3) is 4.47. The minimum absolute atomic E-state index is 0.0697. The first kappa shape index (κ1) is 14.7. The fourth-order valence-electron chi connectivity index (χ4n) is 1.52. The summed E-state index contributed by atoms with van der Waals surface area (Å²) in [6.45, 7) is 6.35. The van der Waals surface area contributed by atoms with Crippen LogP contribution in [0.3, 0.4) is 0 Å². The maximum Gasteiger partial charge on any atom is 0.221 e. The Hall–Kier alpha value is -1.39. The number of rotatable bonds is 6. The van der Waals surface area contributed by atoms with Crippen molar-refractivity contribution in [3.05, 3.63) is 29.8 Å². The molecule has 0 spiro atoms. The lowest BCUT2D eigenvalue weighted by atomic mass is 10.00. The van der Waals surface area contributed by atoms with Gasteiger partial charge in [0.1, 0.15) is 0 Å². The van der Waals surface area contributed by atoms with Crippen LogP contribution < -0.4 is 10.6 Å². The highest BCUT2D eigenvalue weighted by atomic mass is 16.3. The monoisotopic (exact) mass is 250 g/mol. The summed E-state index contributed by atoms with van der Waals surface area (Å²) in [6.07, 6.45) is 0.869. The predicted octanol–water partition coefficient (Wildman–Crippen LogP) is 1.90. The van der Waals surface area contributed by atoms with E-state index in [2.05, 4.69) is 10.6 Å². The van der Waals surface area contributed by atoms with Gasteiger partial charge in [-0.1, -0.05) is 19.1 Å². The molecule has 0 aliphatic rings. The van der Waals surface area contributed by atoms with Crippen molar-refractivity contribution < 1.29 is 9.90 Å². The number of aliphatic hydroxyl groups excluding tert-OH is 1. The van der Waals surface area contributed by atoms with E-state index in [0.29, 0.717) is 6.54 Å². The number of hydrogen-bond donors (Lipinski definition) is 3. The first-order valence-electron chi connectivity index (χ1n) is 6.21. The molecule has 0 saturated heterocycles. The van der Waals surface area contributed by atoms with E-state index in [1.807, 2.05) is 38.1 Å². The molecule has 1 aromatic carbocycles. The molecule has 0 aliphatic carbocycles. The first-order chi connectivity index (χ1) is 8.49. The third-order valence-electron chi connectivity index (χ3n) is 3.12. The molecule has 3 N–H and O–H groups in total. The van der Waals surface area contributed by atoms with Crippen molar-refractivity contribution >= 4 is 11.6 Å². The van der Waals surface area contributed by atoms with E-state index < -0.39 is 0 Å². The number of aliphatic hydroxyl groups is 1. The average molecular weight is 250 g/mol. The molecule has 100 valence electrons. The van der Waals surface area contributed by atoms with Crippen molar-refractivity contribution in [2.75, 3.05) is 11.9 Å². The van der Waals surface area contributed by atoms with Gasteiger partial charge in [0.25, 0.3) is 0 Å². The summed E-state index contributed by atoms with van der Waals surface area (Å²) in [5.74, 6) is -0.0697. The molecule has 0 aromatic heterocycles. The van der Waals surface area contributed by atoms with Gasteiger partial charge in [-0.2, -0.15) is 0 Å². The molecule has 0 heterocycles. The molecule has 4 heteroatoms. The number of anilines is 1. The summed E-state index contributed by atoms with van der Waals surface area (Å²) in [7, 11) is 0. The van der Waals surface area contributed by atoms with Gasteiger partial charge in [-0.3, -0.25) is 4.79 Å². The Morgan fingerprint density at radius 2 is 1.94 bits per heavy atom. The molecule has 0 bridgehead atoms. The lowest BCUT2D eigenvalue weighted by molar-refractivity contribution is -0.114. The van der Waals surface area contributed by atoms with E-state index in [4.69, 9.17) is 0 Å². The summed E-state index contributed by atoms with van der Waals surface area (Å²) in [5, 5.41) is 15.4. The Morgan fingerprint density at radius 3 is 2.39 bits per heavy atom. The van der Waals surface area contributed by atoms with Crippen LogP contribution in [0.25, 0.3) is 0 Å². The molecule has 1 amide bonds. The first-order valence-corrected chi connectivity index (χ1v) is 6.21. The normalized spacial score (nSPS) is 14.0. The van der Waals surface area contributed by atoms with Gasteiger partial charge < -0.3 is 15.7 Å². The Balaban J connectivity index is 2.56. The minimum Gasteiger partial charge on any atom is -0.394 e. The topological polar surface area (TPSA) is 61.4 Å². The van der Waals surface area contributed by atoms with E-state index in [-0.39, 0.29) is 18.1 Å². The van der Waals surface area contributed by atoms with E-state index in [1.165, 1.54) is 6.92 Å². The van der Waals surface area contributed by atoms with Gasteiger partial charge in [0.05, 0.1) is 6.61 Å². The zero-order chi connectivity index (χ0) is 13.6. The SMILES string of the molecule is CCC(C)(CO)NCc1ccc(NC(C)=O)cc1. The van der Waals surface area contributed by atoms with Crippen LogP contribution in [0.2, 0.25) is 0 Å².